The van der Waals surface area contributed by atoms with Gasteiger partial charge in [0.15, 0.2) is 11.5 Å². The van der Waals surface area contributed by atoms with E-state index in [2.05, 4.69) is 30.1 Å². The van der Waals surface area contributed by atoms with Gasteiger partial charge >= 0.3 is 29.6 Å². The minimum absolute atomic E-state index is 0. The maximum atomic E-state index is 10.9. The second-order valence-corrected chi connectivity index (χ2v) is 8.11. The fourth-order valence-electron chi connectivity index (χ4n) is 3.53. The molecule has 0 aliphatic heterocycles. The number of aromatic hydroxyl groups is 1. The van der Waals surface area contributed by atoms with E-state index in [9.17, 15) is 18.1 Å². The Morgan fingerprint density at radius 3 is 2.39 bits per heavy atom. The van der Waals surface area contributed by atoms with Gasteiger partial charge in [-0.1, -0.05) is 28.1 Å². The molecule has 0 fully saturated rings. The Kier molecular flexibility index (Phi) is 4.65. The van der Waals surface area contributed by atoms with Crippen LogP contribution in [0.15, 0.2) is 46.9 Å². The Morgan fingerprint density at radius 1 is 0.929 bits per heavy atom. The van der Waals surface area contributed by atoms with Crippen LogP contribution in [-0.2, 0) is 10.4 Å². The van der Waals surface area contributed by atoms with Gasteiger partial charge in [-0.05, 0) is 24.3 Å². The molecule has 0 amide bonds. The Bertz CT molecular complexity index is 1510. The molecule has 5 aromatic rings. The van der Waals surface area contributed by atoms with E-state index in [1.165, 1.54) is 12.1 Å². The summed E-state index contributed by atoms with van der Waals surface area (Å²) in [7, 11) is -4.99. The molecule has 0 radical (unpaired) electrons. The van der Waals surface area contributed by atoms with Crippen molar-refractivity contribution in [1.29, 1.82) is 0 Å². The first-order valence-corrected chi connectivity index (χ1v) is 9.96. The van der Waals surface area contributed by atoms with Crippen LogP contribution in [0, 0.1) is 0 Å². The van der Waals surface area contributed by atoms with Gasteiger partial charge in [0.05, 0.1) is 11.0 Å². The summed E-state index contributed by atoms with van der Waals surface area (Å²) in [6, 6.07) is 12.5. The second kappa shape index (κ2) is 6.65. The average Bonchev–Trinajstić information content (AvgIpc) is 3.10. The first kappa shape index (κ1) is 19.6. The van der Waals surface area contributed by atoms with E-state index in [1.807, 2.05) is 30.3 Å². The van der Waals surface area contributed by atoms with E-state index in [1.54, 1.807) is 0 Å². The first-order chi connectivity index (χ1) is 12.8. The van der Waals surface area contributed by atoms with E-state index in [4.69, 9.17) is 0 Å². The zero-order valence-electron chi connectivity index (χ0n) is 14.4. The first-order valence-electron chi connectivity index (χ1n) is 7.84. The predicted octanol–water partition coefficient (Wildman–Crippen LogP) is 1.27. The summed E-state index contributed by atoms with van der Waals surface area (Å²) in [6.07, 6.45) is 0. The molecular weight excluding hydrogens is 459 g/mol. The van der Waals surface area contributed by atoms with Crippen molar-refractivity contribution in [3.63, 3.8) is 0 Å². The summed E-state index contributed by atoms with van der Waals surface area (Å²) in [5.41, 5.74) is 3.18. The molecule has 3 N–H and O–H groups in total. The van der Waals surface area contributed by atoms with E-state index in [-0.39, 0.29) is 29.6 Å². The third-order valence-corrected chi connectivity index (χ3v) is 5.44. The summed E-state index contributed by atoms with van der Waals surface area (Å²) in [4.78, 5) is 6.57. The number of halogens is 1. The third-order valence-electron chi connectivity index (χ3n) is 4.57. The van der Waals surface area contributed by atoms with Crippen molar-refractivity contribution in [3.8, 4) is 11.5 Å². The van der Waals surface area contributed by atoms with Crippen LogP contribution in [0.5, 0.6) is 11.5 Å². The molecular formula is C18H10BrN2NaO5S. The van der Waals surface area contributed by atoms with Gasteiger partial charge in [-0.3, -0.25) is 0 Å². The SMILES string of the molecule is O=S(=O)([O-])Oc1cc2[nH]c3ccc4c5ccc(Br)cc5[nH]c4c3c2cc1O.[Na+]. The molecule has 3 aromatic carbocycles. The second-order valence-electron chi connectivity index (χ2n) is 6.21. The van der Waals surface area contributed by atoms with Crippen molar-refractivity contribution in [1.82, 2.24) is 9.97 Å². The number of nitrogens with one attached hydrogen (secondary N) is 2. The zero-order valence-corrected chi connectivity index (χ0v) is 18.8. The van der Waals surface area contributed by atoms with Gasteiger partial charge in [-0.2, -0.15) is 0 Å². The molecule has 0 saturated heterocycles. The van der Waals surface area contributed by atoms with Crippen molar-refractivity contribution in [3.05, 3.63) is 46.9 Å². The Labute approximate surface area is 189 Å². The van der Waals surface area contributed by atoms with Crippen LogP contribution in [0.2, 0.25) is 0 Å². The molecule has 0 unspecified atom stereocenters. The largest absolute Gasteiger partial charge is 1.00 e. The Morgan fingerprint density at radius 2 is 1.64 bits per heavy atom. The Balaban J connectivity index is 0.00000192. The van der Waals surface area contributed by atoms with E-state index < -0.39 is 21.9 Å². The van der Waals surface area contributed by atoms with Gasteiger partial charge in [0.2, 0.25) is 0 Å². The third kappa shape index (κ3) is 3.08. The summed E-state index contributed by atoms with van der Waals surface area (Å²) in [5.74, 6) is -0.848. The number of hydrogen-bond acceptors (Lipinski definition) is 5. The van der Waals surface area contributed by atoms with Gasteiger partial charge in [0.1, 0.15) is 0 Å². The molecule has 7 nitrogen and oxygen atoms in total. The van der Waals surface area contributed by atoms with Gasteiger partial charge in [-0.15, -0.1) is 0 Å². The monoisotopic (exact) mass is 468 g/mol. The number of phenolic OH excluding ortho intramolecular Hbond substituents is 1. The van der Waals surface area contributed by atoms with Crippen LogP contribution >= 0.6 is 15.9 Å². The minimum Gasteiger partial charge on any atom is -0.716 e. The van der Waals surface area contributed by atoms with Gasteiger partial charge in [0.25, 0.3) is 10.4 Å². The van der Waals surface area contributed by atoms with Crippen molar-refractivity contribution < 1.29 is 51.8 Å². The summed E-state index contributed by atoms with van der Waals surface area (Å²) >= 11 is 3.47. The van der Waals surface area contributed by atoms with E-state index in [0.717, 1.165) is 37.2 Å². The summed E-state index contributed by atoms with van der Waals surface area (Å²) in [6.45, 7) is 0. The van der Waals surface area contributed by atoms with Crippen LogP contribution in [0.25, 0.3) is 43.6 Å². The molecule has 136 valence electrons. The molecule has 0 spiro atoms. The van der Waals surface area contributed by atoms with Crippen molar-refractivity contribution >= 4 is 69.9 Å². The van der Waals surface area contributed by atoms with Crippen molar-refractivity contribution in [2.45, 2.75) is 0 Å². The number of phenols is 1. The van der Waals surface area contributed by atoms with Crippen molar-refractivity contribution in [2.75, 3.05) is 0 Å². The quantitative estimate of drug-likeness (QED) is 0.205. The van der Waals surface area contributed by atoms with Gasteiger partial charge in [-0.25, -0.2) is 8.42 Å². The molecule has 28 heavy (non-hydrogen) atoms. The molecule has 0 saturated carbocycles. The number of hydrogen-bond donors (Lipinski definition) is 3. The zero-order chi connectivity index (χ0) is 18.9. The molecule has 2 heterocycles. The number of rotatable bonds is 2. The molecule has 0 aliphatic carbocycles. The number of aromatic amines is 2. The van der Waals surface area contributed by atoms with Crippen LogP contribution in [0.3, 0.4) is 0 Å². The average molecular weight is 469 g/mol. The maximum Gasteiger partial charge on any atom is 1.00 e. The number of benzene rings is 3. The molecule has 5 rings (SSSR count). The molecule has 0 atom stereocenters. The maximum absolute atomic E-state index is 10.9. The van der Waals surface area contributed by atoms with Crippen LogP contribution in [0.1, 0.15) is 0 Å². The smallest absolute Gasteiger partial charge is 0.716 e. The van der Waals surface area contributed by atoms with E-state index in [0.29, 0.717) is 10.9 Å². The molecule has 10 heteroatoms. The standard InChI is InChI=1S/C18H11BrN2O5S.Na/c19-8-1-2-9-10-3-4-12-17(18(10)21-13(9)5-8)11-6-15(22)16(7-14(11)20-12)26-27(23,24)25;/h1-7,20-22H,(H,23,24,25);/q;+1/p-1. The van der Waals surface area contributed by atoms with Crippen LogP contribution in [0.4, 0.5) is 0 Å². The van der Waals surface area contributed by atoms with Gasteiger partial charge < -0.3 is 23.8 Å². The predicted molar refractivity (Wildman–Crippen MR) is 105 cm³/mol. The fraction of sp³-hybridized carbons (Fsp3) is 0. The van der Waals surface area contributed by atoms with Gasteiger partial charge in [0, 0.05) is 43.1 Å². The summed E-state index contributed by atoms with van der Waals surface area (Å²) in [5, 5.41) is 13.7. The summed E-state index contributed by atoms with van der Waals surface area (Å²) < 4.78 is 37.8. The molecule has 0 aliphatic rings. The Hall–Kier alpha value is -1.75. The fourth-order valence-corrected chi connectivity index (χ4v) is 4.25. The normalized spacial score (nSPS) is 12.1. The van der Waals surface area contributed by atoms with E-state index >= 15 is 0 Å². The van der Waals surface area contributed by atoms with Crippen molar-refractivity contribution in [2.24, 2.45) is 0 Å². The number of H-pyrrole nitrogens is 2. The number of aromatic nitrogens is 2. The minimum atomic E-state index is -4.99. The molecule has 0 bridgehead atoms. The number of fused-ring (bicyclic) bond motifs is 7. The van der Waals surface area contributed by atoms with Crippen LogP contribution in [-0.4, -0.2) is 28.0 Å². The molecule has 2 aromatic heterocycles. The topological polar surface area (TPSA) is 118 Å². The van der Waals surface area contributed by atoms with Crippen LogP contribution < -0.4 is 33.7 Å².